The standard InChI is InChI=1S/2C10H10O2.2C6H14NO.ClH.Hf/c2*1-8(11)7-10(12)9-5-3-2-4-6-9;2*1-3-7(4-2)5-6-8;;/h2*2-7,12H,1H3;2*3-6H2,1-2H3;1H;/q;;2*-1;;+4/p-2. The molecule has 0 radical (unpaired) electrons. The number of rotatable bonds is 12. The predicted octanol–water partition coefficient (Wildman–Crippen LogP) is 1.75. The molecule has 0 bridgehead atoms. The van der Waals surface area contributed by atoms with Crippen LogP contribution in [-0.4, -0.2) is 73.8 Å². The second kappa shape index (κ2) is 31.8. The predicted molar refractivity (Wildman–Crippen MR) is 163 cm³/mol. The summed E-state index contributed by atoms with van der Waals surface area (Å²) in [6.07, 6.45) is 2.19. The fraction of sp³-hybridized carbons (Fsp3) is 0.438. The Kier molecular flexibility index (Phi) is 35.4. The SMILES string of the molecule is CC(=O)C=C([O-])c1ccccc1.CC(=O)C=C([O-])c1ccccc1.CCN(CC)CC[O-].CCN(CC)CC[O-].Cl.[Hf+4]. The number of halogens is 1. The maximum Gasteiger partial charge on any atom is 4.00 e. The van der Waals surface area contributed by atoms with Crippen LogP contribution in [0.25, 0.3) is 11.5 Å². The average Bonchev–Trinajstić information content (AvgIpc) is 2.96. The number of nitrogens with zero attached hydrogens (tertiary/aromatic N) is 2. The third-order valence-electron chi connectivity index (χ3n) is 5.39. The number of ketones is 2. The number of hydrogen-bond donors (Lipinski definition) is 0. The van der Waals surface area contributed by atoms with Gasteiger partial charge in [-0.2, -0.15) is 0 Å². The van der Waals surface area contributed by atoms with Gasteiger partial charge in [0.1, 0.15) is 0 Å². The summed E-state index contributed by atoms with van der Waals surface area (Å²) in [5, 5.41) is 42.4. The van der Waals surface area contributed by atoms with Crippen LogP contribution in [0.1, 0.15) is 52.7 Å². The van der Waals surface area contributed by atoms with Crippen molar-refractivity contribution in [3.8, 4) is 0 Å². The normalized spacial score (nSPS) is 10.4. The van der Waals surface area contributed by atoms with E-state index in [2.05, 4.69) is 37.5 Å². The van der Waals surface area contributed by atoms with Crippen LogP contribution < -0.4 is 20.4 Å². The van der Waals surface area contributed by atoms with Crippen LogP contribution in [0.2, 0.25) is 0 Å². The Morgan fingerprint density at radius 3 is 1.05 bits per heavy atom. The Balaban J connectivity index is -0.000000230. The maximum absolute atomic E-state index is 11.2. The van der Waals surface area contributed by atoms with Crippen LogP contribution in [0.5, 0.6) is 0 Å². The summed E-state index contributed by atoms with van der Waals surface area (Å²) >= 11 is 0. The minimum absolute atomic E-state index is 0. The zero-order chi connectivity index (χ0) is 30.8. The van der Waals surface area contributed by atoms with Gasteiger partial charge in [0, 0.05) is 0 Å². The van der Waals surface area contributed by atoms with Crippen molar-refractivity contribution in [3.63, 3.8) is 0 Å². The number of benzene rings is 2. The zero-order valence-corrected chi connectivity index (χ0v) is 30.2. The van der Waals surface area contributed by atoms with Gasteiger partial charge in [0.25, 0.3) is 0 Å². The van der Waals surface area contributed by atoms with Gasteiger partial charge in [-0.25, -0.2) is 0 Å². The van der Waals surface area contributed by atoms with E-state index in [0.717, 1.165) is 38.3 Å². The average molecular weight is 770 g/mol. The molecule has 0 heterocycles. The number of carbonyl (C=O) groups excluding carboxylic acids is 2. The topological polar surface area (TPSA) is 133 Å². The van der Waals surface area contributed by atoms with E-state index in [0.29, 0.717) is 24.2 Å². The van der Waals surface area contributed by atoms with Crippen molar-refractivity contribution in [1.29, 1.82) is 0 Å². The van der Waals surface area contributed by atoms with Crippen molar-refractivity contribution < 1.29 is 55.9 Å². The summed E-state index contributed by atoms with van der Waals surface area (Å²) in [5.74, 6) is -0.904. The molecule has 0 aromatic heterocycles. The number of allylic oxidation sites excluding steroid dienone is 2. The molecule has 8 nitrogen and oxygen atoms in total. The van der Waals surface area contributed by atoms with E-state index in [1.54, 1.807) is 48.5 Å². The van der Waals surface area contributed by atoms with Gasteiger partial charge in [0.05, 0.1) is 0 Å². The molecule has 0 N–H and O–H groups in total. The van der Waals surface area contributed by atoms with Gasteiger partial charge in [-0.1, -0.05) is 99.9 Å². The molecule has 0 fully saturated rings. The first-order valence-electron chi connectivity index (χ1n) is 13.6. The molecule has 0 saturated heterocycles. The Morgan fingerprint density at radius 2 is 0.881 bits per heavy atom. The summed E-state index contributed by atoms with van der Waals surface area (Å²) in [4.78, 5) is 25.3. The van der Waals surface area contributed by atoms with Crippen LogP contribution in [0.3, 0.4) is 0 Å². The summed E-state index contributed by atoms with van der Waals surface area (Å²) in [7, 11) is 0. The van der Waals surface area contributed by atoms with Gasteiger partial charge < -0.3 is 30.2 Å². The van der Waals surface area contributed by atoms with Crippen LogP contribution in [0, 0.1) is 0 Å². The largest absolute Gasteiger partial charge is 4.00 e. The van der Waals surface area contributed by atoms with Gasteiger partial charge in [0.15, 0.2) is 11.6 Å². The van der Waals surface area contributed by atoms with Crippen molar-refractivity contribution in [3.05, 3.63) is 83.9 Å². The number of likely N-dealkylation sites (N-methyl/N-ethyl adjacent to an activating group) is 2. The fourth-order valence-corrected chi connectivity index (χ4v) is 3.08. The molecule has 232 valence electrons. The van der Waals surface area contributed by atoms with E-state index in [1.807, 2.05) is 12.1 Å². The van der Waals surface area contributed by atoms with E-state index in [4.69, 9.17) is 0 Å². The molecule has 0 aliphatic heterocycles. The molecule has 0 atom stereocenters. The first kappa shape index (κ1) is 46.8. The zero-order valence-electron chi connectivity index (χ0n) is 25.8. The molecule has 0 spiro atoms. The number of carbonyl (C=O) groups is 2. The summed E-state index contributed by atoms with van der Waals surface area (Å²) < 4.78 is 0. The third-order valence-corrected chi connectivity index (χ3v) is 5.39. The Labute approximate surface area is 278 Å². The molecule has 42 heavy (non-hydrogen) atoms. The molecule has 0 aliphatic carbocycles. The van der Waals surface area contributed by atoms with E-state index in [9.17, 15) is 30.0 Å². The fourth-order valence-electron chi connectivity index (χ4n) is 3.08. The van der Waals surface area contributed by atoms with Crippen LogP contribution >= 0.6 is 12.4 Å². The molecule has 0 aliphatic rings. The maximum atomic E-state index is 11.2. The number of hydrogen-bond acceptors (Lipinski definition) is 8. The molecular formula is C32H47ClHfN2O6. The van der Waals surface area contributed by atoms with Gasteiger partial charge >= 0.3 is 25.8 Å². The molecular weight excluding hydrogens is 722 g/mol. The smallest absolute Gasteiger partial charge is 0.872 e. The van der Waals surface area contributed by atoms with Crippen molar-refractivity contribution in [2.45, 2.75) is 41.5 Å². The van der Waals surface area contributed by atoms with Crippen molar-refractivity contribution in [2.75, 3.05) is 52.5 Å². The van der Waals surface area contributed by atoms with Crippen molar-refractivity contribution in [1.82, 2.24) is 9.80 Å². The second-order valence-corrected chi connectivity index (χ2v) is 8.43. The van der Waals surface area contributed by atoms with Gasteiger partial charge in [0.2, 0.25) is 0 Å². The first-order valence-corrected chi connectivity index (χ1v) is 13.6. The minimum Gasteiger partial charge on any atom is -0.872 e. The monoisotopic (exact) mass is 770 g/mol. The summed E-state index contributed by atoms with van der Waals surface area (Å²) in [6, 6.07) is 17.4. The van der Waals surface area contributed by atoms with Crippen molar-refractivity contribution >= 4 is 35.5 Å². The van der Waals surface area contributed by atoms with Gasteiger partial charge in [-0.15, -0.1) is 25.6 Å². The Morgan fingerprint density at radius 1 is 0.619 bits per heavy atom. The molecule has 2 aromatic rings. The molecule has 0 unspecified atom stereocenters. The molecule has 10 heteroatoms. The molecule has 0 amide bonds. The van der Waals surface area contributed by atoms with E-state index in [-0.39, 0.29) is 74.5 Å². The molecule has 0 saturated carbocycles. The molecule has 2 aromatic carbocycles. The summed E-state index contributed by atoms with van der Waals surface area (Å²) in [5.41, 5.74) is 1.10. The second-order valence-electron chi connectivity index (χ2n) is 8.43. The van der Waals surface area contributed by atoms with Gasteiger partial charge in [-0.05, 0) is 76.4 Å². The Bertz CT molecular complexity index is 888. The molecule has 2 rings (SSSR count). The van der Waals surface area contributed by atoms with E-state index >= 15 is 0 Å². The quantitative estimate of drug-likeness (QED) is 0.181. The van der Waals surface area contributed by atoms with E-state index in [1.165, 1.54) is 13.8 Å². The Hall–Kier alpha value is -2.14. The van der Waals surface area contributed by atoms with Gasteiger partial charge in [-0.3, -0.25) is 9.59 Å². The van der Waals surface area contributed by atoms with Crippen LogP contribution in [-0.2, 0) is 35.4 Å². The summed E-state index contributed by atoms with van der Waals surface area (Å²) in [6.45, 7) is 16.5. The third kappa shape index (κ3) is 26.7. The first-order chi connectivity index (χ1) is 19.1. The van der Waals surface area contributed by atoms with Crippen molar-refractivity contribution in [2.24, 2.45) is 0 Å². The minimum atomic E-state index is -0.233. The van der Waals surface area contributed by atoms with Crippen LogP contribution in [0.15, 0.2) is 72.8 Å². The van der Waals surface area contributed by atoms with E-state index < -0.39 is 0 Å². The van der Waals surface area contributed by atoms with Crippen LogP contribution in [0.4, 0.5) is 0 Å².